The molecule has 1 aromatic carbocycles. The monoisotopic (exact) mass is 342 g/mol. The van der Waals surface area contributed by atoms with Crippen LogP contribution in [0.3, 0.4) is 0 Å². The average molecular weight is 342 g/mol. The van der Waals surface area contributed by atoms with Crippen LogP contribution < -0.4 is 10.2 Å². The van der Waals surface area contributed by atoms with Gasteiger partial charge in [0.15, 0.2) is 0 Å². The second-order valence-corrected chi connectivity index (χ2v) is 6.03. The molecule has 2 heterocycles. The van der Waals surface area contributed by atoms with Gasteiger partial charge in [0.2, 0.25) is 17.6 Å². The van der Waals surface area contributed by atoms with Gasteiger partial charge < -0.3 is 19.7 Å². The Hall–Kier alpha value is -3.09. The molecule has 1 aromatic heterocycles. The van der Waals surface area contributed by atoms with Crippen molar-refractivity contribution in [3.05, 3.63) is 53.5 Å². The molecule has 7 nitrogen and oxygen atoms in total. The zero-order valence-electron chi connectivity index (χ0n) is 13.7. The molecule has 7 heteroatoms. The summed E-state index contributed by atoms with van der Waals surface area (Å²) in [6.45, 7) is 2.38. The Kier molecular flexibility index (Phi) is 4.56. The summed E-state index contributed by atoms with van der Waals surface area (Å²) in [6.07, 6.45) is 0.151. The Morgan fingerprint density at radius 1 is 1.24 bits per heavy atom. The molecule has 0 unspecified atom stereocenters. The fraction of sp³-hybridized carbons (Fsp3) is 0.278. The number of aryl methyl sites for hydroxylation is 1. The maximum absolute atomic E-state index is 12.3. The number of anilines is 1. The molecular weight excluding hydrogens is 324 g/mol. The molecule has 1 saturated heterocycles. The van der Waals surface area contributed by atoms with Gasteiger partial charge in [-0.1, -0.05) is 17.7 Å². The third kappa shape index (κ3) is 3.71. The summed E-state index contributed by atoms with van der Waals surface area (Å²) in [6, 6.07) is 10.4. The molecule has 1 aliphatic heterocycles. The van der Waals surface area contributed by atoms with Crippen molar-refractivity contribution in [3.63, 3.8) is 0 Å². The van der Waals surface area contributed by atoms with Crippen molar-refractivity contribution in [1.29, 1.82) is 0 Å². The van der Waals surface area contributed by atoms with Gasteiger partial charge in [0, 0.05) is 18.7 Å². The molecule has 0 aliphatic carbocycles. The van der Waals surface area contributed by atoms with Crippen molar-refractivity contribution in [2.75, 3.05) is 11.4 Å². The molecule has 2 amide bonds. The summed E-state index contributed by atoms with van der Waals surface area (Å²) in [5.74, 6) is -1.77. The number of hydrogen-bond donors (Lipinski definition) is 2. The van der Waals surface area contributed by atoms with Crippen LogP contribution >= 0.6 is 0 Å². The summed E-state index contributed by atoms with van der Waals surface area (Å²) in [4.78, 5) is 36.9. The zero-order valence-corrected chi connectivity index (χ0v) is 13.7. The molecule has 130 valence electrons. The molecule has 25 heavy (non-hydrogen) atoms. The fourth-order valence-corrected chi connectivity index (χ4v) is 2.76. The first kappa shape index (κ1) is 16.8. The quantitative estimate of drug-likeness (QED) is 0.865. The highest BCUT2D eigenvalue weighted by molar-refractivity contribution is 6.00. The van der Waals surface area contributed by atoms with Crippen LogP contribution in [0, 0.1) is 12.8 Å². The van der Waals surface area contributed by atoms with Gasteiger partial charge in [0.1, 0.15) is 5.76 Å². The largest absolute Gasteiger partial charge is 0.475 e. The van der Waals surface area contributed by atoms with Crippen molar-refractivity contribution < 1.29 is 23.9 Å². The van der Waals surface area contributed by atoms with E-state index in [4.69, 9.17) is 9.52 Å². The van der Waals surface area contributed by atoms with E-state index >= 15 is 0 Å². The van der Waals surface area contributed by atoms with Crippen molar-refractivity contribution >= 4 is 23.5 Å². The minimum atomic E-state index is -1.16. The van der Waals surface area contributed by atoms with Crippen molar-refractivity contribution in [1.82, 2.24) is 5.32 Å². The molecule has 0 spiro atoms. The van der Waals surface area contributed by atoms with E-state index in [2.05, 4.69) is 5.32 Å². The van der Waals surface area contributed by atoms with Crippen LogP contribution in [-0.2, 0) is 16.1 Å². The number of amides is 2. The summed E-state index contributed by atoms with van der Waals surface area (Å²) >= 11 is 0. The van der Waals surface area contributed by atoms with Gasteiger partial charge in [0.25, 0.3) is 0 Å². The van der Waals surface area contributed by atoms with Crippen LogP contribution in [0.2, 0.25) is 0 Å². The smallest absolute Gasteiger partial charge is 0.371 e. The highest BCUT2D eigenvalue weighted by Crippen LogP contribution is 2.25. The van der Waals surface area contributed by atoms with Gasteiger partial charge in [-0.3, -0.25) is 9.59 Å². The number of carbonyl (C=O) groups is 3. The number of nitrogens with zero attached hydrogens (tertiary/aromatic N) is 1. The van der Waals surface area contributed by atoms with E-state index in [1.54, 1.807) is 4.90 Å². The summed E-state index contributed by atoms with van der Waals surface area (Å²) in [5.41, 5.74) is 1.88. The summed E-state index contributed by atoms with van der Waals surface area (Å²) < 4.78 is 5.09. The van der Waals surface area contributed by atoms with Crippen molar-refractivity contribution in [2.24, 2.45) is 5.92 Å². The first-order valence-electron chi connectivity index (χ1n) is 7.91. The predicted molar refractivity (Wildman–Crippen MR) is 89.2 cm³/mol. The lowest BCUT2D eigenvalue weighted by molar-refractivity contribution is -0.126. The second-order valence-electron chi connectivity index (χ2n) is 6.03. The minimum Gasteiger partial charge on any atom is -0.475 e. The van der Waals surface area contributed by atoms with Gasteiger partial charge in [-0.25, -0.2) is 4.79 Å². The van der Waals surface area contributed by atoms with E-state index in [0.29, 0.717) is 12.3 Å². The minimum absolute atomic E-state index is 0.0847. The molecule has 2 aromatic rings. The predicted octanol–water partition coefficient (Wildman–Crippen LogP) is 1.96. The summed E-state index contributed by atoms with van der Waals surface area (Å²) in [5, 5.41) is 11.5. The lowest BCUT2D eigenvalue weighted by Crippen LogP contribution is -2.32. The molecule has 1 fully saturated rings. The number of hydrogen-bond acceptors (Lipinski definition) is 4. The van der Waals surface area contributed by atoms with E-state index in [-0.39, 0.29) is 30.5 Å². The van der Waals surface area contributed by atoms with Gasteiger partial charge in [-0.2, -0.15) is 0 Å². The van der Waals surface area contributed by atoms with Gasteiger partial charge in [0.05, 0.1) is 12.5 Å². The molecular formula is C18H18N2O5. The first-order chi connectivity index (χ1) is 11.9. The van der Waals surface area contributed by atoms with Crippen LogP contribution in [0.4, 0.5) is 5.69 Å². The average Bonchev–Trinajstić information content (AvgIpc) is 3.20. The highest BCUT2D eigenvalue weighted by Gasteiger charge is 2.35. The Morgan fingerprint density at radius 2 is 1.96 bits per heavy atom. The molecule has 1 aliphatic rings. The Balaban J connectivity index is 1.58. The van der Waals surface area contributed by atoms with Gasteiger partial charge in [-0.05, 0) is 31.2 Å². The normalized spacial score (nSPS) is 16.9. The summed E-state index contributed by atoms with van der Waals surface area (Å²) in [7, 11) is 0. The Bertz CT molecular complexity index is 809. The molecule has 0 radical (unpaired) electrons. The molecule has 0 saturated carbocycles. The zero-order chi connectivity index (χ0) is 18.0. The second kappa shape index (κ2) is 6.80. The fourth-order valence-electron chi connectivity index (χ4n) is 2.76. The van der Waals surface area contributed by atoms with Gasteiger partial charge >= 0.3 is 5.97 Å². The SMILES string of the molecule is Cc1ccc(N2C[C@H](C(=O)NCc3ccc(C(=O)O)o3)CC2=O)cc1. The number of nitrogens with one attached hydrogen (secondary N) is 1. The number of carboxylic acids is 1. The number of benzene rings is 1. The third-order valence-electron chi connectivity index (χ3n) is 4.15. The van der Waals surface area contributed by atoms with E-state index in [1.165, 1.54) is 12.1 Å². The number of aromatic carboxylic acids is 1. The number of furan rings is 1. The Morgan fingerprint density at radius 3 is 2.60 bits per heavy atom. The number of carboxylic acid groups (broad SMARTS) is 1. The van der Waals surface area contributed by atoms with Crippen LogP contribution in [-0.4, -0.2) is 29.4 Å². The van der Waals surface area contributed by atoms with Crippen LogP contribution in [0.5, 0.6) is 0 Å². The third-order valence-corrected chi connectivity index (χ3v) is 4.15. The van der Waals surface area contributed by atoms with E-state index in [9.17, 15) is 14.4 Å². The van der Waals surface area contributed by atoms with Crippen LogP contribution in [0.1, 0.15) is 28.3 Å². The highest BCUT2D eigenvalue weighted by atomic mass is 16.4. The number of rotatable bonds is 5. The maximum atomic E-state index is 12.3. The number of carbonyl (C=O) groups excluding carboxylic acids is 2. The molecule has 1 atom stereocenters. The lowest BCUT2D eigenvalue weighted by Gasteiger charge is -2.16. The molecule has 2 N–H and O–H groups in total. The van der Waals surface area contributed by atoms with E-state index in [0.717, 1.165) is 11.3 Å². The topological polar surface area (TPSA) is 99.8 Å². The lowest BCUT2D eigenvalue weighted by atomic mass is 10.1. The maximum Gasteiger partial charge on any atom is 0.371 e. The van der Waals surface area contributed by atoms with Crippen molar-refractivity contribution in [3.8, 4) is 0 Å². The Labute approximate surface area is 144 Å². The van der Waals surface area contributed by atoms with Crippen LogP contribution in [0.15, 0.2) is 40.8 Å². The van der Waals surface area contributed by atoms with Gasteiger partial charge in [-0.15, -0.1) is 0 Å². The van der Waals surface area contributed by atoms with Crippen LogP contribution in [0.25, 0.3) is 0 Å². The molecule has 0 bridgehead atoms. The van der Waals surface area contributed by atoms with Crippen molar-refractivity contribution in [2.45, 2.75) is 19.9 Å². The standard InChI is InChI=1S/C18H18N2O5/c1-11-2-4-13(5-3-11)20-10-12(8-16(20)21)17(22)19-9-14-6-7-15(25-14)18(23)24/h2-7,12H,8-10H2,1H3,(H,19,22)(H,23,24)/t12-/m1/s1. The van der Waals surface area contributed by atoms with E-state index in [1.807, 2.05) is 31.2 Å². The molecule has 3 rings (SSSR count). The van der Waals surface area contributed by atoms with E-state index < -0.39 is 11.9 Å². The first-order valence-corrected chi connectivity index (χ1v) is 7.91.